The van der Waals surface area contributed by atoms with E-state index in [0.717, 1.165) is 26.3 Å². The maximum atomic E-state index is 4.98. The third-order valence-corrected chi connectivity index (χ3v) is 0.787. The van der Waals surface area contributed by atoms with Gasteiger partial charge in [0.2, 0.25) is 0 Å². The zero-order chi connectivity index (χ0) is 4.24. The summed E-state index contributed by atoms with van der Waals surface area (Å²) >= 11 is 0. The summed E-state index contributed by atoms with van der Waals surface area (Å²) in [4.78, 5) is 0. The second-order valence-corrected chi connectivity index (χ2v) is 1.28. The van der Waals surface area contributed by atoms with Gasteiger partial charge in [0.15, 0.2) is 0 Å². The van der Waals surface area contributed by atoms with Crippen LogP contribution in [0.15, 0.2) is 0 Å². The molecule has 0 atom stereocenters. The Morgan fingerprint density at radius 2 is 1.71 bits per heavy atom. The molecule has 36 valence electrons. The molecule has 0 aromatic heterocycles. The second kappa shape index (κ2) is 5.06. The van der Waals surface area contributed by atoms with Crippen LogP contribution >= 0.6 is 0 Å². The molecule has 0 aliphatic carbocycles. The van der Waals surface area contributed by atoms with Crippen molar-refractivity contribution in [2.45, 2.75) is 0 Å². The molecule has 0 amide bonds. The first-order valence-corrected chi connectivity index (χ1v) is 2.21. The van der Waals surface area contributed by atoms with Crippen molar-refractivity contribution in [3.63, 3.8) is 0 Å². The number of hydrogen-bond acceptors (Lipinski definition) is 1. The zero-order valence-electron chi connectivity index (χ0n) is 4.68. The molecule has 0 N–H and O–H groups in total. The summed E-state index contributed by atoms with van der Waals surface area (Å²) in [6, 6.07) is 0. The van der Waals surface area contributed by atoms with E-state index in [4.69, 9.17) is 4.74 Å². The standard InChI is InChI=1S/C4H8NO.Na/c1-3-6-4-2-5-1;/h1-4H2;/q-1;+1. The van der Waals surface area contributed by atoms with Gasteiger partial charge in [-0.05, 0) is 0 Å². The van der Waals surface area contributed by atoms with Gasteiger partial charge in [-0.3, -0.25) is 0 Å². The molecular weight excluding hydrogens is 101 g/mol. The molecule has 0 aromatic carbocycles. The van der Waals surface area contributed by atoms with Crippen LogP contribution in [0.4, 0.5) is 0 Å². The third kappa shape index (κ3) is 3.50. The SMILES string of the molecule is C1COCC[N-]1.[Na+]. The van der Waals surface area contributed by atoms with Gasteiger partial charge in [0.1, 0.15) is 0 Å². The molecule has 0 radical (unpaired) electrons. The van der Waals surface area contributed by atoms with E-state index in [0.29, 0.717) is 0 Å². The fraction of sp³-hybridized carbons (Fsp3) is 1.00. The fourth-order valence-electron chi connectivity index (χ4n) is 0.472. The van der Waals surface area contributed by atoms with Gasteiger partial charge < -0.3 is 10.1 Å². The Labute approximate surface area is 65.9 Å². The van der Waals surface area contributed by atoms with E-state index < -0.39 is 0 Å². The summed E-state index contributed by atoms with van der Waals surface area (Å²) in [6.07, 6.45) is 0. The average molecular weight is 109 g/mol. The zero-order valence-corrected chi connectivity index (χ0v) is 6.68. The molecule has 0 aromatic rings. The van der Waals surface area contributed by atoms with E-state index in [9.17, 15) is 0 Å². The topological polar surface area (TPSA) is 23.3 Å². The van der Waals surface area contributed by atoms with Crippen molar-refractivity contribution in [1.82, 2.24) is 0 Å². The van der Waals surface area contributed by atoms with Crippen LogP contribution in [-0.4, -0.2) is 26.3 Å². The number of nitrogens with zero attached hydrogens (tertiary/aromatic N) is 1. The molecular formula is C4H8NNaO. The van der Waals surface area contributed by atoms with Gasteiger partial charge in [-0.25, -0.2) is 0 Å². The van der Waals surface area contributed by atoms with Crippen molar-refractivity contribution in [2.75, 3.05) is 26.3 Å². The van der Waals surface area contributed by atoms with Crippen LogP contribution in [0, 0.1) is 0 Å². The number of ether oxygens (including phenoxy) is 1. The molecule has 7 heavy (non-hydrogen) atoms. The number of morpholine rings is 1. The van der Waals surface area contributed by atoms with Gasteiger partial charge in [0.05, 0.1) is 0 Å². The van der Waals surface area contributed by atoms with Crippen molar-refractivity contribution in [1.29, 1.82) is 0 Å². The summed E-state index contributed by atoms with van der Waals surface area (Å²) in [5.41, 5.74) is 0. The van der Waals surface area contributed by atoms with E-state index in [1.165, 1.54) is 0 Å². The van der Waals surface area contributed by atoms with E-state index in [2.05, 4.69) is 5.32 Å². The van der Waals surface area contributed by atoms with Gasteiger partial charge in [-0.15, -0.1) is 13.1 Å². The number of rotatable bonds is 0. The minimum atomic E-state index is 0. The molecule has 1 fully saturated rings. The average Bonchev–Trinajstić information content (AvgIpc) is 1.72. The predicted molar refractivity (Wildman–Crippen MR) is 23.9 cm³/mol. The van der Waals surface area contributed by atoms with E-state index >= 15 is 0 Å². The summed E-state index contributed by atoms with van der Waals surface area (Å²) in [5.74, 6) is 0. The molecule has 0 unspecified atom stereocenters. The first kappa shape index (κ1) is 7.92. The van der Waals surface area contributed by atoms with Crippen LogP contribution in [0.25, 0.3) is 5.32 Å². The summed E-state index contributed by atoms with van der Waals surface area (Å²) < 4.78 is 4.98. The molecule has 1 aliphatic heterocycles. The van der Waals surface area contributed by atoms with Gasteiger partial charge in [0, 0.05) is 13.2 Å². The van der Waals surface area contributed by atoms with Crippen LogP contribution in [0.5, 0.6) is 0 Å². The smallest absolute Gasteiger partial charge is 0.659 e. The summed E-state index contributed by atoms with van der Waals surface area (Å²) in [6.45, 7) is 3.47. The Morgan fingerprint density at radius 3 is 1.86 bits per heavy atom. The van der Waals surface area contributed by atoms with Crippen LogP contribution in [0.3, 0.4) is 0 Å². The predicted octanol–water partition coefficient (Wildman–Crippen LogP) is -2.61. The second-order valence-electron chi connectivity index (χ2n) is 1.28. The van der Waals surface area contributed by atoms with Crippen LogP contribution in [0.1, 0.15) is 0 Å². The normalized spacial score (nSPS) is 20.6. The Hall–Kier alpha value is 0.920. The van der Waals surface area contributed by atoms with Gasteiger partial charge in [-0.2, -0.15) is 0 Å². The van der Waals surface area contributed by atoms with Crippen molar-refractivity contribution < 1.29 is 34.3 Å². The molecule has 0 saturated carbocycles. The fourth-order valence-corrected chi connectivity index (χ4v) is 0.472. The molecule has 2 nitrogen and oxygen atoms in total. The minimum absolute atomic E-state index is 0. The van der Waals surface area contributed by atoms with Crippen molar-refractivity contribution in [2.24, 2.45) is 0 Å². The van der Waals surface area contributed by atoms with Crippen LogP contribution in [0.2, 0.25) is 0 Å². The Bertz CT molecular complexity index is 27.2. The molecule has 0 bridgehead atoms. The minimum Gasteiger partial charge on any atom is -0.659 e. The van der Waals surface area contributed by atoms with Crippen LogP contribution < -0.4 is 29.6 Å². The summed E-state index contributed by atoms with van der Waals surface area (Å²) in [5, 5.41) is 4.05. The molecule has 0 spiro atoms. The monoisotopic (exact) mass is 109 g/mol. The molecule has 1 aliphatic rings. The van der Waals surface area contributed by atoms with Gasteiger partial charge >= 0.3 is 29.6 Å². The largest absolute Gasteiger partial charge is 1.00 e. The molecule has 3 heteroatoms. The van der Waals surface area contributed by atoms with Crippen molar-refractivity contribution in [3.8, 4) is 0 Å². The summed E-state index contributed by atoms with van der Waals surface area (Å²) in [7, 11) is 0. The quantitative estimate of drug-likeness (QED) is 0.313. The molecule has 1 rings (SSSR count). The van der Waals surface area contributed by atoms with Crippen molar-refractivity contribution in [3.05, 3.63) is 5.32 Å². The molecule has 1 saturated heterocycles. The third-order valence-electron chi connectivity index (χ3n) is 0.787. The van der Waals surface area contributed by atoms with E-state index in [1.807, 2.05) is 0 Å². The Morgan fingerprint density at radius 1 is 1.14 bits per heavy atom. The molecule has 1 heterocycles. The van der Waals surface area contributed by atoms with E-state index in [-0.39, 0.29) is 29.6 Å². The first-order chi connectivity index (χ1) is 3.00. The maximum Gasteiger partial charge on any atom is 1.00 e. The number of hydrogen-bond donors (Lipinski definition) is 0. The Balaban J connectivity index is 0.000000360. The van der Waals surface area contributed by atoms with Gasteiger partial charge in [-0.1, -0.05) is 0 Å². The Kier molecular flexibility index (Phi) is 5.73. The van der Waals surface area contributed by atoms with Gasteiger partial charge in [0.25, 0.3) is 0 Å². The first-order valence-electron chi connectivity index (χ1n) is 2.21. The van der Waals surface area contributed by atoms with Crippen molar-refractivity contribution >= 4 is 0 Å². The van der Waals surface area contributed by atoms with E-state index in [1.54, 1.807) is 0 Å². The van der Waals surface area contributed by atoms with Crippen LogP contribution in [-0.2, 0) is 4.74 Å². The maximum absolute atomic E-state index is 4.98.